The lowest BCUT2D eigenvalue weighted by molar-refractivity contribution is -0.137. The molecule has 0 heterocycles. The summed E-state index contributed by atoms with van der Waals surface area (Å²) in [6.45, 7) is 8.14. The predicted octanol–water partition coefficient (Wildman–Crippen LogP) is 7.87. The SMILES string of the molecule is CCCCCCCCCCCC(C)(C)NCCCCCCCCCCC(=O)O. The second-order valence-corrected chi connectivity index (χ2v) is 9.36. The van der Waals surface area contributed by atoms with E-state index in [1.165, 1.54) is 103 Å². The van der Waals surface area contributed by atoms with Crippen LogP contribution in [0.3, 0.4) is 0 Å². The molecule has 2 N–H and O–H groups in total. The Morgan fingerprint density at radius 2 is 1.11 bits per heavy atom. The smallest absolute Gasteiger partial charge is 0.303 e. The van der Waals surface area contributed by atoms with Gasteiger partial charge in [-0.2, -0.15) is 0 Å². The molecule has 0 saturated carbocycles. The van der Waals surface area contributed by atoms with Gasteiger partial charge in [-0.1, -0.05) is 103 Å². The summed E-state index contributed by atoms with van der Waals surface area (Å²) in [5.41, 5.74) is 0.283. The highest BCUT2D eigenvalue weighted by Gasteiger charge is 2.15. The van der Waals surface area contributed by atoms with Crippen LogP contribution in [0.1, 0.15) is 143 Å². The van der Waals surface area contributed by atoms with Crippen molar-refractivity contribution in [2.24, 2.45) is 0 Å². The zero-order valence-corrected chi connectivity index (χ0v) is 19.5. The number of carboxylic acid groups (broad SMARTS) is 1. The highest BCUT2D eigenvalue weighted by Crippen LogP contribution is 2.17. The maximum Gasteiger partial charge on any atom is 0.303 e. The lowest BCUT2D eigenvalue weighted by Gasteiger charge is -2.26. The van der Waals surface area contributed by atoms with Crippen LogP contribution in [-0.4, -0.2) is 23.2 Å². The van der Waals surface area contributed by atoms with Crippen molar-refractivity contribution in [2.75, 3.05) is 6.54 Å². The van der Waals surface area contributed by atoms with Crippen molar-refractivity contribution >= 4 is 5.97 Å². The van der Waals surface area contributed by atoms with E-state index in [0.717, 1.165) is 19.4 Å². The molecule has 0 aliphatic rings. The van der Waals surface area contributed by atoms with E-state index in [1.807, 2.05) is 0 Å². The summed E-state index contributed by atoms with van der Waals surface area (Å²) in [7, 11) is 0. The Bertz CT molecular complexity index is 341. The molecule has 0 aromatic heterocycles. The minimum atomic E-state index is -0.659. The third-order valence-electron chi connectivity index (χ3n) is 5.83. The van der Waals surface area contributed by atoms with Crippen molar-refractivity contribution in [3.8, 4) is 0 Å². The van der Waals surface area contributed by atoms with Crippen LogP contribution in [-0.2, 0) is 4.79 Å². The fraction of sp³-hybridized carbons (Fsp3) is 0.960. The van der Waals surface area contributed by atoms with Crippen LogP contribution in [0.2, 0.25) is 0 Å². The number of aliphatic carboxylic acids is 1. The average molecular weight is 398 g/mol. The topological polar surface area (TPSA) is 49.3 Å². The molecule has 0 saturated heterocycles. The number of carboxylic acids is 1. The monoisotopic (exact) mass is 397 g/mol. The van der Waals surface area contributed by atoms with Gasteiger partial charge in [0.05, 0.1) is 0 Å². The van der Waals surface area contributed by atoms with E-state index in [-0.39, 0.29) is 5.54 Å². The maximum absolute atomic E-state index is 10.4. The van der Waals surface area contributed by atoms with Gasteiger partial charge in [0.2, 0.25) is 0 Å². The van der Waals surface area contributed by atoms with Gasteiger partial charge in [0.1, 0.15) is 0 Å². The Hall–Kier alpha value is -0.570. The summed E-state index contributed by atoms with van der Waals surface area (Å²) >= 11 is 0. The zero-order valence-electron chi connectivity index (χ0n) is 19.5. The molecule has 0 aliphatic carbocycles. The normalized spacial score (nSPS) is 11.8. The molecule has 0 amide bonds. The van der Waals surface area contributed by atoms with E-state index in [2.05, 4.69) is 26.1 Å². The van der Waals surface area contributed by atoms with Crippen LogP contribution < -0.4 is 5.32 Å². The van der Waals surface area contributed by atoms with Gasteiger partial charge in [-0.15, -0.1) is 0 Å². The van der Waals surface area contributed by atoms with Crippen LogP contribution in [0.15, 0.2) is 0 Å². The van der Waals surface area contributed by atoms with Crippen LogP contribution in [0.4, 0.5) is 0 Å². The summed E-state index contributed by atoms with van der Waals surface area (Å²) in [6.07, 6.45) is 23.9. The van der Waals surface area contributed by atoms with E-state index < -0.39 is 5.97 Å². The van der Waals surface area contributed by atoms with Crippen molar-refractivity contribution in [1.29, 1.82) is 0 Å². The fourth-order valence-corrected chi connectivity index (χ4v) is 3.85. The fourth-order valence-electron chi connectivity index (χ4n) is 3.85. The molecule has 0 aromatic rings. The number of hydrogen-bond acceptors (Lipinski definition) is 2. The molecule has 0 atom stereocenters. The van der Waals surface area contributed by atoms with Gasteiger partial charge in [0.15, 0.2) is 0 Å². The van der Waals surface area contributed by atoms with Gasteiger partial charge in [-0.25, -0.2) is 0 Å². The highest BCUT2D eigenvalue weighted by molar-refractivity contribution is 5.66. The Morgan fingerprint density at radius 3 is 1.61 bits per heavy atom. The Morgan fingerprint density at radius 1 is 0.679 bits per heavy atom. The molecule has 0 radical (unpaired) electrons. The Kier molecular flexibility index (Phi) is 19.3. The number of unbranched alkanes of at least 4 members (excludes halogenated alkanes) is 15. The van der Waals surface area contributed by atoms with E-state index in [9.17, 15) is 4.79 Å². The lowest BCUT2D eigenvalue weighted by Crippen LogP contribution is -2.39. The summed E-state index contributed by atoms with van der Waals surface area (Å²) in [5.74, 6) is -0.659. The third-order valence-corrected chi connectivity index (χ3v) is 5.83. The first kappa shape index (κ1) is 27.4. The van der Waals surface area contributed by atoms with Gasteiger partial charge in [0, 0.05) is 12.0 Å². The number of nitrogens with one attached hydrogen (secondary N) is 1. The molecule has 0 fully saturated rings. The van der Waals surface area contributed by atoms with Crippen LogP contribution in [0.25, 0.3) is 0 Å². The van der Waals surface area contributed by atoms with Crippen molar-refractivity contribution < 1.29 is 9.90 Å². The summed E-state index contributed by atoms with van der Waals surface area (Å²) < 4.78 is 0. The van der Waals surface area contributed by atoms with Crippen molar-refractivity contribution in [3.05, 3.63) is 0 Å². The van der Waals surface area contributed by atoms with Crippen molar-refractivity contribution in [2.45, 2.75) is 148 Å². The first-order chi connectivity index (χ1) is 13.5. The quantitative estimate of drug-likeness (QED) is 0.183. The first-order valence-electron chi connectivity index (χ1n) is 12.4. The minimum Gasteiger partial charge on any atom is -0.481 e. The highest BCUT2D eigenvalue weighted by atomic mass is 16.4. The van der Waals surface area contributed by atoms with Crippen molar-refractivity contribution in [1.82, 2.24) is 5.32 Å². The molecule has 0 bridgehead atoms. The minimum absolute atomic E-state index is 0.283. The van der Waals surface area contributed by atoms with Gasteiger partial charge in [-0.05, 0) is 39.7 Å². The second-order valence-electron chi connectivity index (χ2n) is 9.36. The van der Waals surface area contributed by atoms with Gasteiger partial charge in [-0.3, -0.25) is 4.79 Å². The van der Waals surface area contributed by atoms with E-state index in [1.54, 1.807) is 0 Å². The van der Waals surface area contributed by atoms with Crippen LogP contribution in [0, 0.1) is 0 Å². The van der Waals surface area contributed by atoms with Gasteiger partial charge in [0.25, 0.3) is 0 Å². The molecule has 168 valence electrons. The molecule has 3 nitrogen and oxygen atoms in total. The maximum atomic E-state index is 10.4. The molecule has 28 heavy (non-hydrogen) atoms. The number of carbonyl (C=O) groups is 1. The summed E-state index contributed by atoms with van der Waals surface area (Å²) in [5, 5.41) is 12.4. The van der Waals surface area contributed by atoms with Crippen LogP contribution >= 0.6 is 0 Å². The predicted molar refractivity (Wildman–Crippen MR) is 123 cm³/mol. The first-order valence-corrected chi connectivity index (χ1v) is 12.4. The van der Waals surface area contributed by atoms with E-state index >= 15 is 0 Å². The molecule has 0 spiro atoms. The van der Waals surface area contributed by atoms with Crippen molar-refractivity contribution in [3.63, 3.8) is 0 Å². The average Bonchev–Trinajstić information content (AvgIpc) is 2.64. The third kappa shape index (κ3) is 21.7. The van der Waals surface area contributed by atoms with E-state index in [4.69, 9.17) is 5.11 Å². The largest absolute Gasteiger partial charge is 0.481 e. The van der Waals surface area contributed by atoms with Gasteiger partial charge >= 0.3 is 5.97 Å². The molecule has 0 aromatic carbocycles. The summed E-state index contributed by atoms with van der Waals surface area (Å²) in [4.78, 5) is 10.4. The molecular weight excluding hydrogens is 346 g/mol. The Balaban J connectivity index is 3.33. The molecular formula is C25H51NO2. The zero-order chi connectivity index (χ0) is 20.9. The van der Waals surface area contributed by atoms with E-state index in [0.29, 0.717) is 6.42 Å². The lowest BCUT2D eigenvalue weighted by atomic mass is 9.95. The summed E-state index contributed by atoms with van der Waals surface area (Å²) in [6, 6.07) is 0. The van der Waals surface area contributed by atoms with Gasteiger partial charge < -0.3 is 10.4 Å². The standard InChI is InChI=1S/C25H51NO2/c1-4-5-6-7-8-10-13-16-19-22-25(2,3)26-23-20-17-14-11-9-12-15-18-21-24(27)28/h26H,4-23H2,1-3H3,(H,27,28). The van der Waals surface area contributed by atoms with Crippen LogP contribution in [0.5, 0.6) is 0 Å². The Labute approximate surface area is 176 Å². The number of rotatable bonds is 22. The number of hydrogen-bond donors (Lipinski definition) is 2. The molecule has 0 aliphatic heterocycles. The molecule has 3 heteroatoms. The molecule has 0 rings (SSSR count). The second kappa shape index (κ2) is 19.7. The molecule has 0 unspecified atom stereocenters.